The van der Waals surface area contributed by atoms with Crippen LogP contribution in [0.4, 0.5) is 5.88 Å². The highest BCUT2D eigenvalue weighted by Gasteiger charge is 2.09. The van der Waals surface area contributed by atoms with Crippen LogP contribution in [0.1, 0.15) is 17.5 Å². The molecule has 1 heterocycles. The van der Waals surface area contributed by atoms with Crippen molar-refractivity contribution < 1.29 is 19.4 Å². The van der Waals surface area contributed by atoms with Crippen molar-refractivity contribution in [2.45, 2.75) is 13.0 Å². The van der Waals surface area contributed by atoms with Crippen LogP contribution in [0, 0.1) is 0 Å². The first-order chi connectivity index (χ1) is 6.13. The summed E-state index contributed by atoms with van der Waals surface area (Å²) >= 11 is 0. The van der Waals surface area contributed by atoms with Gasteiger partial charge in [-0.3, -0.25) is 0 Å². The molecule has 5 nitrogen and oxygen atoms in total. The largest absolute Gasteiger partial charge is 0.475 e. The summed E-state index contributed by atoms with van der Waals surface area (Å²) in [5, 5.41) is 20.0. The predicted molar refractivity (Wildman–Crippen MR) is 45.8 cm³/mol. The van der Waals surface area contributed by atoms with Crippen molar-refractivity contribution in [2.24, 2.45) is 0 Å². The summed E-state index contributed by atoms with van der Waals surface area (Å²) in [5.74, 6) is -0.878. The molecule has 0 aromatic carbocycles. The van der Waals surface area contributed by atoms with Gasteiger partial charge in [0.1, 0.15) is 0 Å². The topological polar surface area (TPSA) is 82.7 Å². The molecule has 0 saturated carbocycles. The number of nitrogens with one attached hydrogen (secondary N) is 1. The summed E-state index contributed by atoms with van der Waals surface area (Å²) in [6.45, 7) is 1.71. The van der Waals surface area contributed by atoms with Gasteiger partial charge in [-0.2, -0.15) is 0 Å². The second-order valence-corrected chi connectivity index (χ2v) is 2.70. The third-order valence-corrected chi connectivity index (χ3v) is 1.48. The molecule has 13 heavy (non-hydrogen) atoms. The Morgan fingerprint density at radius 2 is 2.38 bits per heavy atom. The molecule has 0 aliphatic heterocycles. The first kappa shape index (κ1) is 9.60. The van der Waals surface area contributed by atoms with Crippen molar-refractivity contribution in [3.63, 3.8) is 0 Å². The van der Waals surface area contributed by atoms with E-state index in [4.69, 9.17) is 14.6 Å². The standard InChI is InChI=1S/C8H11NO4/c1-5(4-10)9-7-3-2-6(13-7)8(11)12/h2-3,5,9-10H,4H2,1H3,(H,11,12). The van der Waals surface area contributed by atoms with Crippen LogP contribution in [0.5, 0.6) is 0 Å². The molecule has 72 valence electrons. The maximum atomic E-state index is 10.4. The van der Waals surface area contributed by atoms with Gasteiger partial charge in [0.2, 0.25) is 5.76 Å². The lowest BCUT2D eigenvalue weighted by Crippen LogP contribution is -2.18. The van der Waals surface area contributed by atoms with Gasteiger partial charge in [-0.15, -0.1) is 0 Å². The molecule has 0 fully saturated rings. The van der Waals surface area contributed by atoms with Crippen molar-refractivity contribution >= 4 is 11.9 Å². The van der Waals surface area contributed by atoms with E-state index in [2.05, 4.69) is 5.32 Å². The predicted octanol–water partition coefficient (Wildman–Crippen LogP) is 0.770. The Bertz CT molecular complexity index is 294. The number of aliphatic hydroxyl groups is 1. The number of aromatic carboxylic acids is 1. The molecule has 1 atom stereocenters. The van der Waals surface area contributed by atoms with E-state index in [0.717, 1.165) is 0 Å². The van der Waals surface area contributed by atoms with Crippen LogP contribution in [0.3, 0.4) is 0 Å². The third-order valence-electron chi connectivity index (χ3n) is 1.48. The lowest BCUT2D eigenvalue weighted by Gasteiger charge is -2.07. The number of carboxylic acids is 1. The van der Waals surface area contributed by atoms with Crippen molar-refractivity contribution in [3.05, 3.63) is 17.9 Å². The number of aliphatic hydroxyl groups excluding tert-OH is 1. The molecule has 1 aromatic rings. The fourth-order valence-electron chi connectivity index (χ4n) is 0.819. The third kappa shape index (κ3) is 2.48. The van der Waals surface area contributed by atoms with Gasteiger partial charge in [0, 0.05) is 12.1 Å². The highest BCUT2D eigenvalue weighted by Crippen LogP contribution is 2.13. The first-order valence-corrected chi connectivity index (χ1v) is 3.84. The fraction of sp³-hybridized carbons (Fsp3) is 0.375. The van der Waals surface area contributed by atoms with E-state index in [1.165, 1.54) is 12.1 Å². The van der Waals surface area contributed by atoms with Crippen LogP contribution in [-0.4, -0.2) is 28.8 Å². The smallest absolute Gasteiger partial charge is 0.371 e. The van der Waals surface area contributed by atoms with E-state index < -0.39 is 5.97 Å². The number of rotatable bonds is 4. The summed E-state index contributed by atoms with van der Waals surface area (Å²) in [5.41, 5.74) is 0. The maximum Gasteiger partial charge on any atom is 0.371 e. The highest BCUT2D eigenvalue weighted by molar-refractivity contribution is 5.84. The minimum atomic E-state index is -1.11. The minimum Gasteiger partial charge on any atom is -0.475 e. The SMILES string of the molecule is CC(CO)Nc1ccc(C(=O)O)o1. The average Bonchev–Trinajstić information content (AvgIpc) is 2.52. The van der Waals surface area contributed by atoms with E-state index in [1.54, 1.807) is 6.92 Å². The Kier molecular flexibility index (Phi) is 2.92. The first-order valence-electron chi connectivity index (χ1n) is 3.84. The summed E-state index contributed by atoms with van der Waals surface area (Å²) in [6, 6.07) is 2.71. The molecular formula is C8H11NO4. The summed E-state index contributed by atoms with van der Waals surface area (Å²) in [4.78, 5) is 10.4. The molecule has 0 aliphatic carbocycles. The molecule has 1 aromatic heterocycles. The molecule has 5 heteroatoms. The van der Waals surface area contributed by atoms with Gasteiger partial charge in [0.25, 0.3) is 0 Å². The Morgan fingerprint density at radius 3 is 2.85 bits per heavy atom. The van der Waals surface area contributed by atoms with Crippen molar-refractivity contribution in [1.29, 1.82) is 0 Å². The summed E-state index contributed by atoms with van der Waals surface area (Å²) in [6.07, 6.45) is 0. The van der Waals surface area contributed by atoms with Crippen LogP contribution in [-0.2, 0) is 0 Å². The quantitative estimate of drug-likeness (QED) is 0.645. The molecule has 3 N–H and O–H groups in total. The van der Waals surface area contributed by atoms with Crippen molar-refractivity contribution in [2.75, 3.05) is 11.9 Å². The molecule has 0 radical (unpaired) electrons. The molecule has 1 unspecified atom stereocenters. The fourth-order valence-corrected chi connectivity index (χ4v) is 0.819. The molecular weight excluding hydrogens is 174 g/mol. The van der Waals surface area contributed by atoms with Gasteiger partial charge < -0.3 is 19.9 Å². The molecule has 0 spiro atoms. The van der Waals surface area contributed by atoms with E-state index in [9.17, 15) is 4.79 Å². The second kappa shape index (κ2) is 3.95. The summed E-state index contributed by atoms with van der Waals surface area (Å²) in [7, 11) is 0. The zero-order chi connectivity index (χ0) is 9.84. The van der Waals surface area contributed by atoms with Gasteiger partial charge in [-0.25, -0.2) is 4.79 Å². The van der Waals surface area contributed by atoms with E-state index in [1.807, 2.05) is 0 Å². The Hall–Kier alpha value is -1.49. The van der Waals surface area contributed by atoms with Gasteiger partial charge >= 0.3 is 5.97 Å². The molecule has 1 rings (SSSR count). The second-order valence-electron chi connectivity index (χ2n) is 2.70. The molecule has 0 amide bonds. The van der Waals surface area contributed by atoms with E-state index in [-0.39, 0.29) is 18.4 Å². The van der Waals surface area contributed by atoms with Gasteiger partial charge in [-0.1, -0.05) is 0 Å². The lowest BCUT2D eigenvalue weighted by molar-refractivity contribution is 0.0663. The molecule has 0 saturated heterocycles. The Balaban J connectivity index is 2.64. The van der Waals surface area contributed by atoms with Gasteiger partial charge in [-0.05, 0) is 13.0 Å². The van der Waals surface area contributed by atoms with Crippen molar-refractivity contribution in [3.8, 4) is 0 Å². The minimum absolute atomic E-state index is 0.0386. The molecule has 0 bridgehead atoms. The van der Waals surface area contributed by atoms with Crippen LogP contribution in [0.25, 0.3) is 0 Å². The monoisotopic (exact) mass is 185 g/mol. The highest BCUT2D eigenvalue weighted by atomic mass is 16.4. The normalized spacial score (nSPS) is 12.5. The lowest BCUT2D eigenvalue weighted by atomic mass is 10.4. The van der Waals surface area contributed by atoms with Gasteiger partial charge in [0.05, 0.1) is 6.61 Å². The van der Waals surface area contributed by atoms with Crippen LogP contribution in [0.15, 0.2) is 16.5 Å². The average molecular weight is 185 g/mol. The zero-order valence-electron chi connectivity index (χ0n) is 7.15. The van der Waals surface area contributed by atoms with Crippen LogP contribution in [0.2, 0.25) is 0 Å². The Morgan fingerprint density at radius 1 is 1.69 bits per heavy atom. The maximum absolute atomic E-state index is 10.4. The molecule has 0 aliphatic rings. The number of carbonyl (C=O) groups is 1. The van der Waals surface area contributed by atoms with E-state index in [0.29, 0.717) is 5.88 Å². The number of hydrogen-bond acceptors (Lipinski definition) is 4. The number of carboxylic acid groups (broad SMARTS) is 1. The summed E-state index contributed by atoms with van der Waals surface area (Å²) < 4.78 is 4.90. The number of hydrogen-bond donors (Lipinski definition) is 3. The van der Waals surface area contributed by atoms with Gasteiger partial charge in [0.15, 0.2) is 5.88 Å². The van der Waals surface area contributed by atoms with E-state index >= 15 is 0 Å². The number of anilines is 1. The zero-order valence-corrected chi connectivity index (χ0v) is 7.15. The Labute approximate surface area is 75.0 Å². The van der Waals surface area contributed by atoms with Crippen molar-refractivity contribution in [1.82, 2.24) is 0 Å². The van der Waals surface area contributed by atoms with Crippen LogP contribution >= 0.6 is 0 Å². The van der Waals surface area contributed by atoms with Crippen LogP contribution < -0.4 is 5.32 Å². The number of furan rings is 1.